The van der Waals surface area contributed by atoms with Crippen LogP contribution in [0.3, 0.4) is 0 Å². The molecule has 0 amide bonds. The van der Waals surface area contributed by atoms with E-state index in [0.717, 1.165) is 0 Å². The summed E-state index contributed by atoms with van der Waals surface area (Å²) in [5.41, 5.74) is 5.85. The van der Waals surface area contributed by atoms with Crippen molar-refractivity contribution in [2.45, 2.75) is 66.2 Å². The number of hydrogen-bond acceptors (Lipinski definition) is 0. The second-order valence-electron chi connectivity index (χ2n) is 8.20. The van der Waals surface area contributed by atoms with Crippen LogP contribution >= 0.6 is 0 Å². The molecule has 0 aromatic heterocycles. The van der Waals surface area contributed by atoms with Gasteiger partial charge in [-0.05, 0) is 80.6 Å². The molecule has 0 aliphatic heterocycles. The van der Waals surface area contributed by atoms with Crippen LogP contribution in [-0.4, -0.2) is 0 Å². The molecule has 0 radical (unpaired) electrons. The van der Waals surface area contributed by atoms with E-state index in [4.69, 9.17) is 0 Å². The van der Waals surface area contributed by atoms with E-state index in [-0.39, 0.29) is 0 Å². The first kappa shape index (κ1) is 17.0. The average molecular weight is 319 g/mol. The second kappa shape index (κ2) is 6.24. The summed E-state index contributed by atoms with van der Waals surface area (Å²) in [6.45, 7) is 16.0. The van der Waals surface area contributed by atoms with E-state index in [2.05, 4.69) is 84.9 Å². The Kier molecular flexibility index (Phi) is 4.42. The molecule has 3 rings (SSSR count). The van der Waals surface area contributed by atoms with Gasteiger partial charge in [0, 0.05) is 0 Å². The van der Waals surface area contributed by atoms with Crippen molar-refractivity contribution in [3.63, 3.8) is 0 Å². The van der Waals surface area contributed by atoms with Crippen molar-refractivity contribution >= 4 is 21.5 Å². The summed E-state index contributed by atoms with van der Waals surface area (Å²) < 4.78 is 0. The van der Waals surface area contributed by atoms with E-state index < -0.39 is 0 Å². The predicted octanol–water partition coefficient (Wildman–Crippen LogP) is 7.67. The molecule has 0 unspecified atom stereocenters. The summed E-state index contributed by atoms with van der Waals surface area (Å²) >= 11 is 0. The van der Waals surface area contributed by atoms with E-state index in [1.165, 1.54) is 43.8 Å². The quantitative estimate of drug-likeness (QED) is 0.434. The zero-order valence-corrected chi connectivity index (χ0v) is 16.2. The molecule has 0 bridgehead atoms. The maximum Gasteiger partial charge on any atom is -0.0175 e. The lowest BCUT2D eigenvalue weighted by molar-refractivity contribution is 0.793. The SMILES string of the molecule is Cc1cc2cc3cc(C(C)C)c(C(C)C)cc3cc2cc1C(C)C. The normalized spacial score (nSPS) is 12.2. The van der Waals surface area contributed by atoms with Crippen LogP contribution in [0.1, 0.15) is 81.5 Å². The summed E-state index contributed by atoms with van der Waals surface area (Å²) in [6, 6.07) is 14.3. The Morgan fingerprint density at radius 1 is 0.458 bits per heavy atom. The van der Waals surface area contributed by atoms with Crippen LogP contribution in [0.25, 0.3) is 21.5 Å². The van der Waals surface area contributed by atoms with Crippen molar-refractivity contribution in [3.05, 3.63) is 58.7 Å². The minimum Gasteiger partial charge on any atom is -0.0587 e. The molecule has 3 aromatic rings. The summed E-state index contributed by atoms with van der Waals surface area (Å²) in [4.78, 5) is 0. The average Bonchev–Trinajstić information content (AvgIpc) is 2.50. The third-order valence-electron chi connectivity index (χ3n) is 5.25. The Morgan fingerprint density at radius 2 is 0.792 bits per heavy atom. The number of fused-ring (bicyclic) bond motifs is 2. The maximum absolute atomic E-state index is 2.42. The zero-order valence-electron chi connectivity index (χ0n) is 16.2. The van der Waals surface area contributed by atoms with Gasteiger partial charge in [-0.2, -0.15) is 0 Å². The van der Waals surface area contributed by atoms with Crippen LogP contribution in [0.2, 0.25) is 0 Å². The van der Waals surface area contributed by atoms with Gasteiger partial charge in [-0.3, -0.25) is 0 Å². The molecule has 0 saturated heterocycles. The second-order valence-corrected chi connectivity index (χ2v) is 8.20. The molecule has 3 aromatic carbocycles. The lowest BCUT2D eigenvalue weighted by Gasteiger charge is -2.18. The Morgan fingerprint density at radius 3 is 1.17 bits per heavy atom. The van der Waals surface area contributed by atoms with Gasteiger partial charge in [0.05, 0.1) is 0 Å². The molecule has 0 heteroatoms. The van der Waals surface area contributed by atoms with Crippen molar-refractivity contribution in [1.29, 1.82) is 0 Å². The Labute approximate surface area is 146 Å². The lowest BCUT2D eigenvalue weighted by atomic mass is 9.87. The molecule has 0 N–H and O–H groups in total. The molecule has 24 heavy (non-hydrogen) atoms. The van der Waals surface area contributed by atoms with Crippen LogP contribution in [0.4, 0.5) is 0 Å². The van der Waals surface area contributed by atoms with Crippen molar-refractivity contribution < 1.29 is 0 Å². The smallest absolute Gasteiger partial charge is 0.0175 e. The largest absolute Gasteiger partial charge is 0.0587 e. The van der Waals surface area contributed by atoms with Crippen LogP contribution in [0, 0.1) is 6.92 Å². The van der Waals surface area contributed by atoms with Gasteiger partial charge in [0.15, 0.2) is 0 Å². The summed E-state index contributed by atoms with van der Waals surface area (Å²) in [5.74, 6) is 1.69. The highest BCUT2D eigenvalue weighted by Gasteiger charge is 2.13. The Hall–Kier alpha value is -1.82. The zero-order chi connectivity index (χ0) is 17.6. The van der Waals surface area contributed by atoms with Gasteiger partial charge < -0.3 is 0 Å². The monoisotopic (exact) mass is 318 g/mol. The minimum atomic E-state index is 0.562. The number of benzene rings is 3. The first-order valence-electron chi connectivity index (χ1n) is 9.29. The molecular weight excluding hydrogens is 288 g/mol. The van der Waals surface area contributed by atoms with E-state index in [0.29, 0.717) is 17.8 Å². The van der Waals surface area contributed by atoms with Crippen molar-refractivity contribution in [1.82, 2.24) is 0 Å². The molecule has 0 atom stereocenters. The molecular formula is C24H30. The highest BCUT2D eigenvalue weighted by Crippen LogP contribution is 2.34. The molecule has 0 heterocycles. The summed E-state index contributed by atoms with van der Waals surface area (Å²) in [5, 5.41) is 5.46. The highest BCUT2D eigenvalue weighted by molar-refractivity contribution is 5.99. The van der Waals surface area contributed by atoms with Crippen molar-refractivity contribution in [2.24, 2.45) is 0 Å². The molecule has 0 fully saturated rings. The van der Waals surface area contributed by atoms with Crippen molar-refractivity contribution in [3.8, 4) is 0 Å². The highest BCUT2D eigenvalue weighted by atomic mass is 14.2. The molecule has 0 aliphatic rings. The van der Waals surface area contributed by atoms with E-state index in [9.17, 15) is 0 Å². The summed E-state index contributed by atoms with van der Waals surface area (Å²) in [7, 11) is 0. The standard InChI is InChI=1S/C24H30/c1-14(2)22-11-19-10-21-13-24(16(5)6)23(15(3)4)12-20(21)9-18(19)8-17(22)7/h8-16H,1-7H3. The van der Waals surface area contributed by atoms with Crippen LogP contribution in [0.5, 0.6) is 0 Å². The van der Waals surface area contributed by atoms with Gasteiger partial charge in [-0.1, -0.05) is 65.8 Å². The first-order chi connectivity index (χ1) is 11.3. The van der Waals surface area contributed by atoms with Gasteiger partial charge in [0.25, 0.3) is 0 Å². The van der Waals surface area contributed by atoms with Gasteiger partial charge in [-0.15, -0.1) is 0 Å². The fraction of sp³-hybridized carbons (Fsp3) is 0.417. The van der Waals surface area contributed by atoms with Crippen LogP contribution < -0.4 is 0 Å². The molecule has 0 spiro atoms. The Balaban J connectivity index is 2.32. The number of hydrogen-bond donors (Lipinski definition) is 0. The topological polar surface area (TPSA) is 0 Å². The molecule has 0 saturated carbocycles. The van der Waals surface area contributed by atoms with E-state index in [1.54, 1.807) is 0 Å². The van der Waals surface area contributed by atoms with Gasteiger partial charge in [0.2, 0.25) is 0 Å². The Bertz CT molecular complexity index is 895. The predicted molar refractivity (Wildman–Crippen MR) is 108 cm³/mol. The molecule has 0 nitrogen and oxygen atoms in total. The first-order valence-corrected chi connectivity index (χ1v) is 9.29. The number of rotatable bonds is 3. The minimum absolute atomic E-state index is 0.562. The van der Waals surface area contributed by atoms with E-state index in [1.807, 2.05) is 0 Å². The summed E-state index contributed by atoms with van der Waals surface area (Å²) in [6.07, 6.45) is 0. The number of aryl methyl sites for hydroxylation is 1. The van der Waals surface area contributed by atoms with Crippen LogP contribution in [-0.2, 0) is 0 Å². The molecule has 126 valence electrons. The van der Waals surface area contributed by atoms with Gasteiger partial charge in [0.1, 0.15) is 0 Å². The fourth-order valence-corrected chi connectivity index (χ4v) is 3.89. The van der Waals surface area contributed by atoms with Crippen molar-refractivity contribution in [2.75, 3.05) is 0 Å². The lowest BCUT2D eigenvalue weighted by Crippen LogP contribution is -1.99. The van der Waals surface area contributed by atoms with Gasteiger partial charge >= 0.3 is 0 Å². The van der Waals surface area contributed by atoms with Crippen LogP contribution in [0.15, 0.2) is 36.4 Å². The third-order valence-corrected chi connectivity index (χ3v) is 5.25. The molecule has 0 aliphatic carbocycles. The maximum atomic E-state index is 2.42. The fourth-order valence-electron chi connectivity index (χ4n) is 3.89. The van der Waals surface area contributed by atoms with E-state index >= 15 is 0 Å². The van der Waals surface area contributed by atoms with Gasteiger partial charge in [-0.25, -0.2) is 0 Å². The third kappa shape index (κ3) is 2.95.